The van der Waals surface area contributed by atoms with Gasteiger partial charge in [-0.3, -0.25) is 14.5 Å². The van der Waals surface area contributed by atoms with Gasteiger partial charge in [0.2, 0.25) is 5.56 Å². The molecule has 2 aliphatic heterocycles. The third-order valence-electron chi connectivity index (χ3n) is 6.17. The molecule has 2 bridgehead atoms. The third kappa shape index (κ3) is 3.36. The SMILES string of the molecule is Cc1c(F)ccc2c1CNCCc1[nH]c(=O)ccc1N1CN2c2cc(C#N)c(F)cc2C1=O. The zero-order chi connectivity index (χ0) is 23.3. The standard InChI is InChI=1S/C24H19F2N5O2/c1-13-16-11-28-7-6-19-21(4-5-23(32)29-19)31-12-30(20(16)3-2-17(13)25)22-8-14(10-27)18(26)9-15(22)24(31)33/h2-5,8-9,28H,6-7,11-12H2,1H3,(H,29,32). The molecular formula is C24H19F2N5O2. The van der Waals surface area contributed by atoms with Gasteiger partial charge in [-0.25, -0.2) is 8.78 Å². The lowest BCUT2D eigenvalue weighted by Crippen LogP contribution is -2.46. The summed E-state index contributed by atoms with van der Waals surface area (Å²) >= 11 is 0. The quantitative estimate of drug-likeness (QED) is 0.552. The summed E-state index contributed by atoms with van der Waals surface area (Å²) in [6.07, 6.45) is 0.424. The van der Waals surface area contributed by atoms with Gasteiger partial charge in [0, 0.05) is 37.0 Å². The molecule has 0 aliphatic carbocycles. The van der Waals surface area contributed by atoms with Crippen LogP contribution in [0.1, 0.15) is 32.7 Å². The Hall–Kier alpha value is -4.03. The molecule has 2 aromatic carbocycles. The van der Waals surface area contributed by atoms with Crippen molar-refractivity contribution in [2.24, 2.45) is 0 Å². The molecule has 9 heteroatoms. The highest BCUT2D eigenvalue weighted by molar-refractivity contribution is 6.13. The van der Waals surface area contributed by atoms with Crippen LogP contribution in [0.3, 0.4) is 0 Å². The maximum Gasteiger partial charge on any atom is 0.262 e. The van der Waals surface area contributed by atoms with E-state index in [-0.39, 0.29) is 29.2 Å². The molecular weight excluding hydrogens is 428 g/mol. The Balaban J connectivity index is 1.81. The zero-order valence-electron chi connectivity index (χ0n) is 17.7. The van der Waals surface area contributed by atoms with Gasteiger partial charge in [-0.2, -0.15) is 5.26 Å². The van der Waals surface area contributed by atoms with E-state index in [1.54, 1.807) is 24.0 Å². The summed E-state index contributed by atoms with van der Waals surface area (Å²) in [6, 6.07) is 10.1. The van der Waals surface area contributed by atoms with Crippen molar-refractivity contribution in [2.75, 3.05) is 23.0 Å². The van der Waals surface area contributed by atoms with Crippen LogP contribution in [0.15, 0.2) is 41.2 Å². The number of H-pyrrole nitrogens is 1. The van der Waals surface area contributed by atoms with E-state index in [1.807, 2.05) is 6.07 Å². The summed E-state index contributed by atoms with van der Waals surface area (Å²) in [5.74, 6) is -1.61. The maximum atomic E-state index is 14.6. The van der Waals surface area contributed by atoms with Crippen molar-refractivity contribution >= 4 is 23.0 Å². The lowest BCUT2D eigenvalue weighted by atomic mass is 10.00. The lowest BCUT2D eigenvalue weighted by molar-refractivity contribution is 0.0982. The molecule has 0 spiro atoms. The average molecular weight is 447 g/mol. The maximum absolute atomic E-state index is 14.6. The third-order valence-corrected chi connectivity index (χ3v) is 6.17. The molecule has 3 aromatic rings. The number of hydrogen-bond acceptors (Lipinski definition) is 5. The summed E-state index contributed by atoms with van der Waals surface area (Å²) in [4.78, 5) is 31.5. The first-order valence-corrected chi connectivity index (χ1v) is 10.4. The number of aromatic nitrogens is 1. The van der Waals surface area contributed by atoms with Crippen LogP contribution in [-0.4, -0.2) is 24.1 Å². The molecule has 0 saturated carbocycles. The first-order chi connectivity index (χ1) is 15.9. The van der Waals surface area contributed by atoms with Crippen LogP contribution in [-0.2, 0) is 13.0 Å². The van der Waals surface area contributed by atoms with Gasteiger partial charge in [0.25, 0.3) is 5.91 Å². The summed E-state index contributed by atoms with van der Waals surface area (Å²) in [6.45, 7) is 2.54. The molecule has 1 amide bonds. The van der Waals surface area contributed by atoms with E-state index in [1.165, 1.54) is 23.1 Å². The van der Waals surface area contributed by atoms with Crippen molar-refractivity contribution < 1.29 is 13.6 Å². The van der Waals surface area contributed by atoms with Crippen molar-refractivity contribution in [3.63, 3.8) is 0 Å². The van der Waals surface area contributed by atoms with E-state index < -0.39 is 11.7 Å². The van der Waals surface area contributed by atoms with E-state index in [9.17, 15) is 23.6 Å². The highest BCUT2D eigenvalue weighted by Gasteiger charge is 2.35. The van der Waals surface area contributed by atoms with E-state index >= 15 is 0 Å². The van der Waals surface area contributed by atoms with Crippen LogP contribution in [0.4, 0.5) is 25.8 Å². The first-order valence-electron chi connectivity index (χ1n) is 10.4. The number of hydrogen-bond donors (Lipinski definition) is 2. The van der Waals surface area contributed by atoms with Crippen LogP contribution in [0.25, 0.3) is 0 Å². The number of nitriles is 1. The first kappa shape index (κ1) is 20.8. The van der Waals surface area contributed by atoms with Crippen molar-refractivity contribution in [2.45, 2.75) is 19.9 Å². The van der Waals surface area contributed by atoms with E-state index in [0.717, 1.165) is 6.07 Å². The van der Waals surface area contributed by atoms with Crippen LogP contribution in [0, 0.1) is 29.9 Å². The second kappa shape index (κ2) is 7.83. The minimum absolute atomic E-state index is 0.0411. The molecule has 1 aromatic heterocycles. The number of rotatable bonds is 0. The highest BCUT2D eigenvalue weighted by Crippen LogP contribution is 2.40. The van der Waals surface area contributed by atoms with Gasteiger partial charge in [-0.1, -0.05) is 0 Å². The molecule has 33 heavy (non-hydrogen) atoms. The normalized spacial score (nSPS) is 15.2. The summed E-state index contributed by atoms with van der Waals surface area (Å²) in [7, 11) is 0. The molecule has 0 saturated heterocycles. The predicted molar refractivity (Wildman–Crippen MR) is 119 cm³/mol. The van der Waals surface area contributed by atoms with Gasteiger partial charge in [0.05, 0.1) is 22.5 Å². The monoisotopic (exact) mass is 447 g/mol. The molecule has 2 aliphatic rings. The number of aromatic amines is 1. The molecule has 3 heterocycles. The summed E-state index contributed by atoms with van der Waals surface area (Å²) in [5, 5.41) is 12.6. The molecule has 2 N–H and O–H groups in total. The second-order valence-corrected chi connectivity index (χ2v) is 8.05. The molecule has 166 valence electrons. The number of nitrogens with one attached hydrogen (secondary N) is 2. The van der Waals surface area contributed by atoms with Gasteiger partial charge < -0.3 is 15.2 Å². The van der Waals surface area contributed by atoms with Crippen molar-refractivity contribution in [3.8, 4) is 6.07 Å². The largest absolute Gasteiger partial charge is 0.324 e. The van der Waals surface area contributed by atoms with Gasteiger partial charge in [-0.15, -0.1) is 0 Å². The summed E-state index contributed by atoms with van der Waals surface area (Å²) in [5.41, 5.74) is 2.82. The van der Waals surface area contributed by atoms with E-state index in [4.69, 9.17) is 0 Å². The van der Waals surface area contributed by atoms with Crippen molar-refractivity contribution in [3.05, 3.63) is 86.3 Å². The van der Waals surface area contributed by atoms with Crippen LogP contribution < -0.4 is 20.7 Å². The van der Waals surface area contributed by atoms with Crippen LogP contribution in [0.2, 0.25) is 0 Å². The van der Waals surface area contributed by atoms with Crippen LogP contribution >= 0.6 is 0 Å². The number of anilines is 3. The van der Waals surface area contributed by atoms with Gasteiger partial charge in [-0.05, 0) is 48.4 Å². The zero-order valence-corrected chi connectivity index (χ0v) is 17.7. The number of carbonyl (C=O) groups excluding carboxylic acids is 1. The Morgan fingerprint density at radius 1 is 1.00 bits per heavy atom. The summed E-state index contributed by atoms with van der Waals surface area (Å²) < 4.78 is 29.0. The lowest BCUT2D eigenvalue weighted by Gasteiger charge is -2.39. The number of amides is 1. The Bertz CT molecular complexity index is 1410. The Kier molecular flexibility index (Phi) is 4.95. The number of fused-ring (bicyclic) bond motifs is 8. The van der Waals surface area contributed by atoms with Crippen molar-refractivity contribution in [1.29, 1.82) is 5.26 Å². The highest BCUT2D eigenvalue weighted by atomic mass is 19.1. The molecule has 0 radical (unpaired) electrons. The number of pyridine rings is 1. The fourth-order valence-corrected chi connectivity index (χ4v) is 4.43. The number of nitrogens with zero attached hydrogens (tertiary/aromatic N) is 3. The van der Waals surface area contributed by atoms with E-state index in [0.29, 0.717) is 53.4 Å². The predicted octanol–water partition coefficient (Wildman–Crippen LogP) is 3.23. The van der Waals surface area contributed by atoms with Crippen molar-refractivity contribution in [1.82, 2.24) is 10.3 Å². The minimum Gasteiger partial charge on any atom is -0.324 e. The van der Waals surface area contributed by atoms with Gasteiger partial charge >= 0.3 is 0 Å². The topological polar surface area (TPSA) is 92.2 Å². The molecule has 0 fully saturated rings. The number of benzene rings is 2. The number of carbonyl (C=O) groups is 1. The van der Waals surface area contributed by atoms with Gasteiger partial charge in [0.15, 0.2) is 0 Å². The molecule has 7 nitrogen and oxygen atoms in total. The van der Waals surface area contributed by atoms with Gasteiger partial charge in [0.1, 0.15) is 24.4 Å². The molecule has 0 unspecified atom stereocenters. The fraction of sp³-hybridized carbons (Fsp3) is 0.208. The minimum atomic E-state index is -0.797. The fourth-order valence-electron chi connectivity index (χ4n) is 4.43. The molecule has 5 rings (SSSR count). The average Bonchev–Trinajstić information content (AvgIpc) is 2.82. The smallest absolute Gasteiger partial charge is 0.262 e. The Labute approximate surface area is 187 Å². The Morgan fingerprint density at radius 3 is 2.58 bits per heavy atom. The number of halogens is 2. The Morgan fingerprint density at radius 2 is 1.79 bits per heavy atom. The second-order valence-electron chi connectivity index (χ2n) is 8.05. The molecule has 0 atom stereocenters. The van der Waals surface area contributed by atoms with E-state index in [2.05, 4.69) is 10.3 Å². The van der Waals surface area contributed by atoms with Crippen LogP contribution in [0.5, 0.6) is 0 Å².